The summed E-state index contributed by atoms with van der Waals surface area (Å²) in [5, 5.41) is 17.6. The minimum atomic E-state index is -4.55. The molecule has 2 aromatic rings. The lowest BCUT2D eigenvalue weighted by atomic mass is 10.1. The van der Waals surface area contributed by atoms with Gasteiger partial charge in [-0.2, -0.15) is 13.2 Å². The van der Waals surface area contributed by atoms with Crippen molar-refractivity contribution >= 4 is 34.6 Å². The number of carbonyl (C=O) groups excluding carboxylic acids is 1. The first kappa shape index (κ1) is 19.8. The number of halogens is 3. The Morgan fingerprint density at radius 1 is 1.25 bits per heavy atom. The summed E-state index contributed by atoms with van der Waals surface area (Å²) < 4.78 is 44.1. The highest BCUT2D eigenvalue weighted by Gasteiger charge is 2.36. The maximum atomic E-state index is 12.9. The van der Waals surface area contributed by atoms with E-state index in [4.69, 9.17) is 10.1 Å². The number of rotatable bonds is 4. The fourth-order valence-electron chi connectivity index (χ4n) is 2.59. The second kappa shape index (κ2) is 7.59. The summed E-state index contributed by atoms with van der Waals surface area (Å²) in [6.45, 7) is 2.10. The van der Waals surface area contributed by atoms with Crippen molar-refractivity contribution in [3.05, 3.63) is 58.5 Å². The van der Waals surface area contributed by atoms with Crippen LogP contribution in [0, 0.1) is 5.41 Å². The fourth-order valence-corrected chi connectivity index (χ4v) is 3.45. The highest BCUT2D eigenvalue weighted by Crippen LogP contribution is 2.38. The molecule has 1 aliphatic heterocycles. The summed E-state index contributed by atoms with van der Waals surface area (Å²) in [6.07, 6.45) is -3.05. The van der Waals surface area contributed by atoms with Gasteiger partial charge in [-0.15, -0.1) is 0 Å². The molecule has 0 saturated carbocycles. The number of anilines is 1. The Labute approximate surface area is 162 Å². The van der Waals surface area contributed by atoms with Gasteiger partial charge in [-0.25, -0.2) is 0 Å². The van der Waals surface area contributed by atoms with Crippen molar-refractivity contribution in [1.82, 2.24) is 0 Å². The molecule has 1 heterocycles. The third kappa shape index (κ3) is 3.99. The minimum absolute atomic E-state index is 0.0264. The molecule has 146 valence electrons. The zero-order valence-corrected chi connectivity index (χ0v) is 15.4. The Bertz CT molecular complexity index is 973. The minimum Gasteiger partial charge on any atom is -0.504 e. The van der Waals surface area contributed by atoms with Crippen LogP contribution in [0.1, 0.15) is 18.1 Å². The van der Waals surface area contributed by atoms with Crippen molar-refractivity contribution in [2.45, 2.75) is 13.1 Å². The first-order valence-corrected chi connectivity index (χ1v) is 8.98. The number of benzene rings is 2. The number of thioether (sulfide) groups is 1. The molecular formula is C19H15F3N2O3S. The zero-order valence-electron chi connectivity index (χ0n) is 14.6. The lowest BCUT2D eigenvalue weighted by Gasteiger charge is -2.16. The van der Waals surface area contributed by atoms with Gasteiger partial charge in [-0.05, 0) is 60.7 Å². The molecule has 0 radical (unpaired) electrons. The number of alkyl halides is 3. The normalized spacial score (nSPS) is 16.1. The average Bonchev–Trinajstić information content (AvgIpc) is 2.91. The summed E-state index contributed by atoms with van der Waals surface area (Å²) in [4.78, 5) is 13.8. The van der Waals surface area contributed by atoms with Gasteiger partial charge in [0.25, 0.3) is 5.91 Å². The topological polar surface area (TPSA) is 73.6 Å². The van der Waals surface area contributed by atoms with E-state index in [1.807, 2.05) is 0 Å². The maximum absolute atomic E-state index is 12.9. The molecule has 1 fully saturated rings. The van der Waals surface area contributed by atoms with Gasteiger partial charge in [0, 0.05) is 0 Å². The van der Waals surface area contributed by atoms with Crippen LogP contribution in [0.3, 0.4) is 0 Å². The van der Waals surface area contributed by atoms with E-state index in [0.717, 1.165) is 28.8 Å². The van der Waals surface area contributed by atoms with Gasteiger partial charge in [0.2, 0.25) is 0 Å². The van der Waals surface area contributed by atoms with E-state index in [2.05, 4.69) is 0 Å². The number of aromatic hydroxyl groups is 1. The van der Waals surface area contributed by atoms with Gasteiger partial charge in [0.05, 0.1) is 22.8 Å². The number of nitrogens with zero attached hydrogens (tertiary/aromatic N) is 1. The van der Waals surface area contributed by atoms with Crippen LogP contribution in [0.15, 0.2) is 47.4 Å². The van der Waals surface area contributed by atoms with Crippen LogP contribution in [0.25, 0.3) is 6.08 Å². The average molecular weight is 408 g/mol. The summed E-state index contributed by atoms with van der Waals surface area (Å²) in [5.74, 6) is -0.398. The van der Waals surface area contributed by atoms with Gasteiger partial charge in [0.15, 0.2) is 16.7 Å². The molecule has 0 aromatic heterocycles. The molecule has 0 unspecified atom stereocenters. The van der Waals surface area contributed by atoms with Crippen molar-refractivity contribution < 1.29 is 27.8 Å². The number of phenols is 1. The second-order valence-corrected chi connectivity index (χ2v) is 6.80. The maximum Gasteiger partial charge on any atom is 0.416 e. The number of nitrogens with one attached hydrogen (secondary N) is 1. The van der Waals surface area contributed by atoms with Crippen LogP contribution in [0.4, 0.5) is 18.9 Å². The van der Waals surface area contributed by atoms with Crippen molar-refractivity contribution in [3.8, 4) is 11.5 Å². The number of hydrogen-bond acceptors (Lipinski definition) is 5. The molecule has 0 aliphatic carbocycles. The molecule has 0 spiro atoms. The predicted octanol–water partition coefficient (Wildman–Crippen LogP) is 4.87. The summed E-state index contributed by atoms with van der Waals surface area (Å²) in [5.41, 5.74) is -0.370. The van der Waals surface area contributed by atoms with Crippen molar-refractivity contribution in [2.24, 2.45) is 0 Å². The molecule has 1 aliphatic rings. The van der Waals surface area contributed by atoms with E-state index in [-0.39, 0.29) is 27.3 Å². The molecular weight excluding hydrogens is 393 g/mol. The molecule has 9 heteroatoms. The van der Waals surface area contributed by atoms with E-state index >= 15 is 0 Å². The van der Waals surface area contributed by atoms with E-state index in [9.17, 15) is 23.1 Å². The first-order valence-electron chi connectivity index (χ1n) is 8.16. The molecule has 28 heavy (non-hydrogen) atoms. The monoisotopic (exact) mass is 408 g/mol. The first-order chi connectivity index (χ1) is 13.2. The summed E-state index contributed by atoms with van der Waals surface area (Å²) in [6, 6.07) is 8.80. The molecule has 0 atom stereocenters. The van der Waals surface area contributed by atoms with Gasteiger partial charge < -0.3 is 9.84 Å². The molecule has 1 saturated heterocycles. The Kier molecular flexibility index (Phi) is 5.37. The molecule has 2 N–H and O–H groups in total. The Balaban J connectivity index is 1.92. The predicted molar refractivity (Wildman–Crippen MR) is 102 cm³/mol. The quantitative estimate of drug-likeness (QED) is 0.709. The summed E-state index contributed by atoms with van der Waals surface area (Å²) in [7, 11) is 0. The molecule has 0 bridgehead atoms. The molecule has 3 rings (SSSR count). The second-order valence-electron chi connectivity index (χ2n) is 5.76. The van der Waals surface area contributed by atoms with Gasteiger partial charge >= 0.3 is 6.18 Å². The fraction of sp³-hybridized carbons (Fsp3) is 0.158. The standard InChI is InChI=1S/C19H15F3N2O3S/c1-2-27-15-8-11(6-7-14(15)25)9-16-17(26)24(18(23)28-16)13-5-3-4-12(10-13)19(20,21)22/h3-10,23,25H,2H2,1H3/b16-9-,23-18?. The molecule has 2 aromatic carbocycles. The van der Waals surface area contributed by atoms with Crippen LogP contribution in [0.2, 0.25) is 0 Å². The van der Waals surface area contributed by atoms with Gasteiger partial charge in [0.1, 0.15) is 0 Å². The van der Waals surface area contributed by atoms with Crippen LogP contribution >= 0.6 is 11.8 Å². The third-order valence-corrected chi connectivity index (χ3v) is 4.73. The third-order valence-electron chi connectivity index (χ3n) is 3.84. The smallest absolute Gasteiger partial charge is 0.416 e. The number of hydrogen-bond donors (Lipinski definition) is 2. The number of ether oxygens (including phenoxy) is 1. The lowest BCUT2D eigenvalue weighted by Crippen LogP contribution is -2.28. The highest BCUT2D eigenvalue weighted by molar-refractivity contribution is 8.19. The van der Waals surface area contributed by atoms with Gasteiger partial charge in [-0.1, -0.05) is 12.1 Å². The Hall–Kier alpha value is -2.94. The number of amides is 1. The number of carbonyl (C=O) groups is 1. The van der Waals surface area contributed by atoms with E-state index in [1.165, 1.54) is 30.3 Å². The van der Waals surface area contributed by atoms with Crippen LogP contribution in [-0.2, 0) is 11.0 Å². The molecule has 5 nitrogen and oxygen atoms in total. The van der Waals surface area contributed by atoms with E-state index in [0.29, 0.717) is 12.2 Å². The number of phenolic OH excluding ortho intramolecular Hbond substituents is 1. The number of amidine groups is 1. The Morgan fingerprint density at radius 3 is 2.68 bits per heavy atom. The zero-order chi connectivity index (χ0) is 20.5. The SMILES string of the molecule is CCOc1cc(/C=C2\SC(=N)N(c3cccc(C(F)(F)F)c3)C2=O)ccc1O. The van der Waals surface area contributed by atoms with Crippen LogP contribution in [-0.4, -0.2) is 22.8 Å². The van der Waals surface area contributed by atoms with Crippen molar-refractivity contribution in [2.75, 3.05) is 11.5 Å². The highest BCUT2D eigenvalue weighted by atomic mass is 32.2. The van der Waals surface area contributed by atoms with Crippen LogP contribution < -0.4 is 9.64 Å². The Morgan fingerprint density at radius 2 is 2.00 bits per heavy atom. The van der Waals surface area contributed by atoms with Gasteiger partial charge in [-0.3, -0.25) is 15.1 Å². The van der Waals surface area contributed by atoms with E-state index < -0.39 is 17.6 Å². The molecule has 1 amide bonds. The van der Waals surface area contributed by atoms with Crippen LogP contribution in [0.5, 0.6) is 11.5 Å². The summed E-state index contributed by atoms with van der Waals surface area (Å²) >= 11 is 0.844. The van der Waals surface area contributed by atoms with Crippen molar-refractivity contribution in [1.29, 1.82) is 5.41 Å². The lowest BCUT2D eigenvalue weighted by molar-refractivity contribution is -0.137. The van der Waals surface area contributed by atoms with E-state index in [1.54, 1.807) is 13.0 Å². The van der Waals surface area contributed by atoms with Crippen molar-refractivity contribution in [3.63, 3.8) is 0 Å². The largest absolute Gasteiger partial charge is 0.504 e.